The Morgan fingerprint density at radius 3 is 1.95 bits per heavy atom. The lowest BCUT2D eigenvalue weighted by atomic mass is 10.0. The van der Waals surface area contributed by atoms with Gasteiger partial charge < -0.3 is 10.2 Å². The number of amides is 2. The monoisotopic (exact) mass is 304 g/mol. The van der Waals surface area contributed by atoms with Gasteiger partial charge in [-0.3, -0.25) is 9.59 Å². The summed E-state index contributed by atoms with van der Waals surface area (Å²) in [5.74, 6) is -0.254. The Balaban J connectivity index is 3.17. The number of nitrogens with zero attached hydrogens (tertiary/aromatic N) is 1. The first-order valence-electron chi connectivity index (χ1n) is 7.89. The van der Waals surface area contributed by atoms with Crippen LogP contribution in [-0.2, 0) is 22.4 Å². The maximum Gasteiger partial charge on any atom is 0.240 e. The number of rotatable bonds is 5. The van der Waals surface area contributed by atoms with Gasteiger partial charge in [-0.2, -0.15) is 0 Å². The van der Waals surface area contributed by atoms with Crippen molar-refractivity contribution >= 4 is 17.5 Å². The van der Waals surface area contributed by atoms with Crippen molar-refractivity contribution in [2.24, 2.45) is 0 Å². The van der Waals surface area contributed by atoms with Gasteiger partial charge in [0, 0.05) is 12.5 Å². The van der Waals surface area contributed by atoms with E-state index in [4.69, 9.17) is 0 Å². The maximum absolute atomic E-state index is 12.2. The predicted molar refractivity (Wildman–Crippen MR) is 91.1 cm³/mol. The smallest absolute Gasteiger partial charge is 0.240 e. The molecule has 0 aliphatic carbocycles. The number of hydrogen-bond donors (Lipinski definition) is 1. The molecule has 1 N–H and O–H groups in total. The van der Waals surface area contributed by atoms with Gasteiger partial charge in [0.15, 0.2) is 0 Å². The number of carbonyl (C=O) groups excluding carboxylic acids is 2. The summed E-state index contributed by atoms with van der Waals surface area (Å²) in [5, 5.41) is 2.92. The van der Waals surface area contributed by atoms with Crippen LogP contribution in [0.25, 0.3) is 0 Å². The lowest BCUT2D eigenvalue weighted by molar-refractivity contribution is -0.124. The van der Waals surface area contributed by atoms with E-state index in [1.165, 1.54) is 6.92 Å². The van der Waals surface area contributed by atoms with Crippen molar-refractivity contribution in [2.45, 2.75) is 59.9 Å². The number of carbonyl (C=O) groups is 2. The van der Waals surface area contributed by atoms with Crippen molar-refractivity contribution in [3.8, 4) is 0 Å². The molecule has 0 atom stereocenters. The van der Waals surface area contributed by atoms with Crippen LogP contribution >= 0.6 is 0 Å². The fourth-order valence-electron chi connectivity index (χ4n) is 2.51. The molecule has 4 heteroatoms. The van der Waals surface area contributed by atoms with E-state index < -0.39 is 0 Å². The quantitative estimate of drug-likeness (QED) is 0.909. The van der Waals surface area contributed by atoms with Crippen LogP contribution < -0.4 is 10.2 Å². The predicted octanol–water partition coefficient (Wildman–Crippen LogP) is 3.08. The van der Waals surface area contributed by atoms with Crippen molar-refractivity contribution < 1.29 is 9.59 Å². The molecular formula is C18H28N2O2. The highest BCUT2D eigenvalue weighted by atomic mass is 16.2. The van der Waals surface area contributed by atoms with Gasteiger partial charge in [0.25, 0.3) is 0 Å². The van der Waals surface area contributed by atoms with Crippen LogP contribution in [0.3, 0.4) is 0 Å². The summed E-state index contributed by atoms with van der Waals surface area (Å²) in [6, 6.07) is 6.05. The fourth-order valence-corrected chi connectivity index (χ4v) is 2.51. The molecule has 0 saturated heterocycles. The molecule has 2 amide bonds. The summed E-state index contributed by atoms with van der Waals surface area (Å²) in [6.07, 6.45) is 1.65. The third-order valence-electron chi connectivity index (χ3n) is 3.43. The topological polar surface area (TPSA) is 49.4 Å². The SMILES string of the molecule is CCc1cccc(CC)c1N(CC(=O)NC(C)(C)C)C(C)=O. The number of nitrogens with one attached hydrogen (secondary N) is 1. The Kier molecular flexibility index (Phi) is 6.15. The molecule has 0 radical (unpaired) electrons. The summed E-state index contributed by atoms with van der Waals surface area (Å²) in [6.45, 7) is 11.5. The molecule has 0 unspecified atom stereocenters. The molecule has 0 aromatic heterocycles. The van der Waals surface area contributed by atoms with Crippen LogP contribution in [0, 0.1) is 0 Å². The molecule has 0 bridgehead atoms. The van der Waals surface area contributed by atoms with Crippen molar-refractivity contribution in [1.82, 2.24) is 5.32 Å². The summed E-state index contributed by atoms with van der Waals surface area (Å²) in [5.41, 5.74) is 2.78. The van der Waals surface area contributed by atoms with Crippen molar-refractivity contribution in [3.63, 3.8) is 0 Å². The van der Waals surface area contributed by atoms with Gasteiger partial charge in [-0.15, -0.1) is 0 Å². The van der Waals surface area contributed by atoms with E-state index >= 15 is 0 Å². The van der Waals surface area contributed by atoms with Crippen molar-refractivity contribution in [2.75, 3.05) is 11.4 Å². The highest BCUT2D eigenvalue weighted by Gasteiger charge is 2.22. The third kappa shape index (κ3) is 4.86. The van der Waals surface area contributed by atoms with Crippen LogP contribution in [0.2, 0.25) is 0 Å². The summed E-state index contributed by atoms with van der Waals surface area (Å²) in [7, 11) is 0. The second-order valence-electron chi connectivity index (χ2n) is 6.54. The number of para-hydroxylation sites is 1. The number of anilines is 1. The van der Waals surface area contributed by atoms with Gasteiger partial charge in [0.1, 0.15) is 6.54 Å². The summed E-state index contributed by atoms with van der Waals surface area (Å²) in [4.78, 5) is 26.0. The van der Waals surface area contributed by atoms with E-state index in [1.807, 2.05) is 39.0 Å². The second kappa shape index (κ2) is 7.43. The zero-order chi connectivity index (χ0) is 16.9. The molecule has 0 aliphatic heterocycles. The highest BCUT2D eigenvalue weighted by Crippen LogP contribution is 2.27. The zero-order valence-electron chi connectivity index (χ0n) is 14.6. The van der Waals surface area contributed by atoms with Crippen LogP contribution in [-0.4, -0.2) is 23.9 Å². The zero-order valence-corrected chi connectivity index (χ0v) is 14.6. The first kappa shape index (κ1) is 18.2. The van der Waals surface area contributed by atoms with E-state index in [1.54, 1.807) is 4.90 Å². The minimum atomic E-state index is -0.308. The van der Waals surface area contributed by atoms with Gasteiger partial charge in [0.2, 0.25) is 11.8 Å². The molecule has 1 aromatic rings. The fraction of sp³-hybridized carbons (Fsp3) is 0.556. The number of hydrogen-bond acceptors (Lipinski definition) is 2. The van der Waals surface area contributed by atoms with E-state index in [0.29, 0.717) is 0 Å². The van der Waals surface area contributed by atoms with Crippen LogP contribution in [0.15, 0.2) is 18.2 Å². The van der Waals surface area contributed by atoms with E-state index in [2.05, 4.69) is 19.2 Å². The standard InChI is InChI=1S/C18H28N2O2/c1-7-14-10-9-11-15(8-2)17(14)20(13(3)21)12-16(22)19-18(4,5)6/h9-11H,7-8,12H2,1-6H3,(H,19,22). The van der Waals surface area contributed by atoms with E-state index in [-0.39, 0.29) is 23.9 Å². The molecule has 0 spiro atoms. The lowest BCUT2D eigenvalue weighted by Gasteiger charge is -2.28. The lowest BCUT2D eigenvalue weighted by Crippen LogP contribution is -2.47. The van der Waals surface area contributed by atoms with E-state index in [0.717, 1.165) is 29.7 Å². The highest BCUT2D eigenvalue weighted by molar-refractivity contribution is 5.98. The average molecular weight is 304 g/mol. The van der Waals surface area contributed by atoms with Crippen LogP contribution in [0.1, 0.15) is 52.7 Å². The van der Waals surface area contributed by atoms with Crippen molar-refractivity contribution in [3.05, 3.63) is 29.3 Å². The van der Waals surface area contributed by atoms with Crippen molar-refractivity contribution in [1.29, 1.82) is 0 Å². The molecule has 0 heterocycles. The van der Waals surface area contributed by atoms with Gasteiger partial charge >= 0.3 is 0 Å². The second-order valence-corrected chi connectivity index (χ2v) is 6.54. The molecule has 0 fully saturated rings. The van der Waals surface area contributed by atoms with Gasteiger partial charge in [-0.25, -0.2) is 0 Å². The number of benzene rings is 1. The molecule has 0 saturated carbocycles. The molecule has 122 valence electrons. The third-order valence-corrected chi connectivity index (χ3v) is 3.43. The summed E-state index contributed by atoms with van der Waals surface area (Å²) >= 11 is 0. The molecular weight excluding hydrogens is 276 g/mol. The Hall–Kier alpha value is -1.84. The molecule has 1 rings (SSSR count). The Morgan fingerprint density at radius 2 is 1.59 bits per heavy atom. The Morgan fingerprint density at radius 1 is 1.09 bits per heavy atom. The largest absolute Gasteiger partial charge is 0.350 e. The van der Waals surface area contributed by atoms with E-state index in [9.17, 15) is 9.59 Å². The first-order chi connectivity index (χ1) is 10.2. The molecule has 1 aromatic carbocycles. The van der Waals surface area contributed by atoms with Gasteiger partial charge in [-0.1, -0.05) is 32.0 Å². The normalized spacial score (nSPS) is 11.2. The summed E-state index contributed by atoms with van der Waals surface area (Å²) < 4.78 is 0. The molecule has 22 heavy (non-hydrogen) atoms. The van der Waals surface area contributed by atoms with Gasteiger partial charge in [0.05, 0.1) is 5.69 Å². The van der Waals surface area contributed by atoms with Crippen LogP contribution in [0.4, 0.5) is 5.69 Å². The Labute approximate surface area is 133 Å². The van der Waals surface area contributed by atoms with Crippen LogP contribution in [0.5, 0.6) is 0 Å². The first-order valence-corrected chi connectivity index (χ1v) is 7.89. The maximum atomic E-state index is 12.2. The minimum absolute atomic E-state index is 0.0522. The number of aryl methyl sites for hydroxylation is 2. The molecule has 0 aliphatic rings. The minimum Gasteiger partial charge on any atom is -0.350 e. The molecule has 4 nitrogen and oxygen atoms in total. The van der Waals surface area contributed by atoms with Gasteiger partial charge in [-0.05, 0) is 44.7 Å². The Bertz CT molecular complexity index is 522. The average Bonchev–Trinajstić information content (AvgIpc) is 2.41.